The molecule has 1 radical (unpaired) electrons. The highest BCUT2D eigenvalue weighted by Crippen LogP contribution is 1.95. The van der Waals surface area contributed by atoms with Gasteiger partial charge in [0, 0.05) is 6.54 Å². The number of nitrogens with zero attached hydrogens (tertiary/aromatic N) is 1. The molecule has 0 aliphatic rings. The van der Waals surface area contributed by atoms with Crippen LogP contribution in [0.15, 0.2) is 0 Å². The SMILES string of the molecule is CCN([C]=O)S(=O)(=O)CC. The number of carbonyl (C=O) groups excluding carboxylic acids is 1. The molecule has 0 spiro atoms. The predicted molar refractivity (Wildman–Crippen MR) is 37.5 cm³/mol. The van der Waals surface area contributed by atoms with Gasteiger partial charge in [-0.2, -0.15) is 0 Å². The van der Waals surface area contributed by atoms with Gasteiger partial charge in [-0.15, -0.1) is 0 Å². The lowest BCUT2D eigenvalue weighted by molar-refractivity contribution is 0.479. The lowest BCUT2D eigenvalue weighted by atomic mass is 10.8. The average molecular weight is 164 g/mol. The molecule has 5 heteroatoms. The molecular formula is C5H10NO3S. The summed E-state index contributed by atoms with van der Waals surface area (Å²) in [7, 11) is -3.35. The van der Waals surface area contributed by atoms with Crippen molar-refractivity contribution in [1.29, 1.82) is 0 Å². The molecule has 0 saturated carbocycles. The standard InChI is InChI=1S/C5H10NO3S/c1-3-6(5-7)10(8,9)4-2/h3-4H2,1-2H3. The zero-order valence-corrected chi connectivity index (χ0v) is 6.81. The van der Waals surface area contributed by atoms with Crippen LogP contribution in [0.25, 0.3) is 0 Å². The van der Waals surface area contributed by atoms with Gasteiger partial charge in [-0.25, -0.2) is 12.7 Å². The summed E-state index contributed by atoms with van der Waals surface area (Å²) in [4.78, 5) is 9.96. The van der Waals surface area contributed by atoms with Crippen LogP contribution in [0.1, 0.15) is 13.8 Å². The van der Waals surface area contributed by atoms with Crippen LogP contribution in [0, 0.1) is 0 Å². The number of amides is 1. The van der Waals surface area contributed by atoms with Crippen LogP contribution in [-0.2, 0) is 14.8 Å². The fourth-order valence-corrected chi connectivity index (χ4v) is 1.29. The number of hydrogen-bond acceptors (Lipinski definition) is 3. The lowest BCUT2D eigenvalue weighted by Crippen LogP contribution is -2.30. The molecule has 0 unspecified atom stereocenters. The lowest BCUT2D eigenvalue weighted by Gasteiger charge is -2.11. The Hall–Kier alpha value is -0.580. The summed E-state index contributed by atoms with van der Waals surface area (Å²) in [5, 5.41) is 0. The molecule has 0 fully saturated rings. The highest BCUT2D eigenvalue weighted by atomic mass is 32.2. The first-order valence-corrected chi connectivity index (χ1v) is 4.57. The van der Waals surface area contributed by atoms with Gasteiger partial charge in [-0.3, -0.25) is 4.79 Å². The topological polar surface area (TPSA) is 54.5 Å². The fraction of sp³-hybridized carbons (Fsp3) is 0.800. The maximum Gasteiger partial charge on any atom is 0.326 e. The number of sulfonamides is 1. The second kappa shape index (κ2) is 3.55. The third-order valence-corrected chi connectivity index (χ3v) is 2.82. The molecule has 0 bridgehead atoms. The molecule has 0 heterocycles. The van der Waals surface area contributed by atoms with E-state index in [0.29, 0.717) is 4.31 Å². The maximum absolute atomic E-state index is 10.8. The van der Waals surface area contributed by atoms with Crippen LogP contribution < -0.4 is 0 Å². The second-order valence-corrected chi connectivity index (χ2v) is 3.84. The molecular weight excluding hydrogens is 154 g/mol. The predicted octanol–water partition coefficient (Wildman–Crippen LogP) is -0.275. The van der Waals surface area contributed by atoms with Crippen LogP contribution in [0.5, 0.6) is 0 Å². The van der Waals surface area contributed by atoms with E-state index < -0.39 is 10.0 Å². The van der Waals surface area contributed by atoms with Crippen LogP contribution in [0.2, 0.25) is 0 Å². The highest BCUT2D eigenvalue weighted by molar-refractivity contribution is 7.89. The van der Waals surface area contributed by atoms with E-state index in [1.807, 2.05) is 0 Å². The van der Waals surface area contributed by atoms with Gasteiger partial charge in [0.2, 0.25) is 10.0 Å². The minimum absolute atomic E-state index is 0.0594. The molecule has 0 rings (SSSR count). The Bertz CT molecular complexity index is 197. The van der Waals surface area contributed by atoms with Gasteiger partial charge in [0.05, 0.1) is 5.75 Å². The summed E-state index contributed by atoms with van der Waals surface area (Å²) in [6.07, 6.45) is 1.34. The molecule has 1 amide bonds. The largest absolute Gasteiger partial charge is 0.326 e. The minimum Gasteiger partial charge on any atom is -0.262 e. The third kappa shape index (κ3) is 1.98. The van der Waals surface area contributed by atoms with E-state index in [0.717, 1.165) is 0 Å². The van der Waals surface area contributed by atoms with Crippen molar-refractivity contribution in [2.24, 2.45) is 0 Å². The highest BCUT2D eigenvalue weighted by Gasteiger charge is 2.15. The minimum atomic E-state index is -3.35. The molecule has 0 aromatic carbocycles. The Morgan fingerprint density at radius 2 is 1.90 bits per heavy atom. The fourth-order valence-electron chi connectivity index (χ4n) is 0.474. The Morgan fingerprint density at radius 3 is 2.00 bits per heavy atom. The zero-order chi connectivity index (χ0) is 8.20. The van der Waals surface area contributed by atoms with Gasteiger partial charge in [-0.1, -0.05) is 0 Å². The summed E-state index contributed by atoms with van der Waals surface area (Å²) in [6, 6.07) is 0. The van der Waals surface area contributed by atoms with E-state index in [2.05, 4.69) is 0 Å². The Morgan fingerprint density at radius 1 is 1.40 bits per heavy atom. The van der Waals surface area contributed by atoms with Gasteiger partial charge in [0.25, 0.3) is 0 Å². The van der Waals surface area contributed by atoms with Gasteiger partial charge in [-0.05, 0) is 13.8 Å². The molecule has 0 aliphatic carbocycles. The molecule has 0 N–H and O–H groups in total. The maximum atomic E-state index is 10.8. The normalized spacial score (nSPS) is 11.0. The third-order valence-electron chi connectivity index (χ3n) is 1.09. The first-order chi connectivity index (χ1) is 4.58. The van der Waals surface area contributed by atoms with E-state index >= 15 is 0 Å². The molecule has 0 aliphatic heterocycles. The van der Waals surface area contributed by atoms with Crippen LogP contribution in [-0.4, -0.2) is 31.4 Å². The van der Waals surface area contributed by atoms with E-state index in [1.165, 1.54) is 13.3 Å². The number of hydrogen-bond donors (Lipinski definition) is 0. The van der Waals surface area contributed by atoms with Crippen molar-refractivity contribution in [1.82, 2.24) is 4.31 Å². The van der Waals surface area contributed by atoms with E-state index in [4.69, 9.17) is 0 Å². The summed E-state index contributed by atoms with van der Waals surface area (Å²) >= 11 is 0. The van der Waals surface area contributed by atoms with Gasteiger partial charge in [0.15, 0.2) is 0 Å². The molecule has 59 valence electrons. The average Bonchev–Trinajstić information content (AvgIpc) is 1.90. The van der Waals surface area contributed by atoms with Gasteiger partial charge in [0.1, 0.15) is 0 Å². The van der Waals surface area contributed by atoms with Crippen molar-refractivity contribution < 1.29 is 13.2 Å². The molecule has 0 aromatic rings. The Balaban J connectivity index is 4.43. The monoisotopic (exact) mass is 164 g/mol. The van der Waals surface area contributed by atoms with Gasteiger partial charge >= 0.3 is 6.41 Å². The van der Waals surface area contributed by atoms with Crippen molar-refractivity contribution in [3.8, 4) is 0 Å². The van der Waals surface area contributed by atoms with Crippen molar-refractivity contribution in [3.63, 3.8) is 0 Å². The van der Waals surface area contributed by atoms with Crippen LogP contribution >= 0.6 is 0 Å². The van der Waals surface area contributed by atoms with Crippen molar-refractivity contribution >= 4 is 16.4 Å². The molecule has 0 atom stereocenters. The summed E-state index contributed by atoms with van der Waals surface area (Å²) in [6.45, 7) is 3.22. The van der Waals surface area contributed by atoms with E-state index in [9.17, 15) is 13.2 Å². The second-order valence-electron chi connectivity index (χ2n) is 1.66. The first-order valence-electron chi connectivity index (χ1n) is 2.96. The summed E-state index contributed by atoms with van der Waals surface area (Å²) in [5.74, 6) is -0.0594. The Kier molecular flexibility index (Phi) is 3.35. The molecule has 4 nitrogen and oxygen atoms in total. The van der Waals surface area contributed by atoms with Crippen molar-refractivity contribution in [2.75, 3.05) is 12.3 Å². The zero-order valence-electron chi connectivity index (χ0n) is 5.99. The van der Waals surface area contributed by atoms with Gasteiger partial charge < -0.3 is 0 Å². The van der Waals surface area contributed by atoms with E-state index in [-0.39, 0.29) is 12.3 Å². The molecule has 0 aromatic heterocycles. The first kappa shape index (κ1) is 9.42. The summed E-state index contributed by atoms with van der Waals surface area (Å²) in [5.41, 5.74) is 0. The van der Waals surface area contributed by atoms with Crippen molar-refractivity contribution in [2.45, 2.75) is 13.8 Å². The summed E-state index contributed by atoms with van der Waals surface area (Å²) < 4.78 is 22.3. The van der Waals surface area contributed by atoms with Crippen molar-refractivity contribution in [3.05, 3.63) is 0 Å². The molecule has 10 heavy (non-hydrogen) atoms. The van der Waals surface area contributed by atoms with E-state index in [1.54, 1.807) is 6.92 Å². The molecule has 0 saturated heterocycles. The Labute approximate surface area is 60.9 Å². The van der Waals surface area contributed by atoms with Crippen LogP contribution in [0.4, 0.5) is 0 Å². The smallest absolute Gasteiger partial charge is 0.262 e. The van der Waals surface area contributed by atoms with Crippen LogP contribution in [0.3, 0.4) is 0 Å². The quantitative estimate of drug-likeness (QED) is 0.537. The number of rotatable bonds is 4.